The second kappa shape index (κ2) is 13.5. The molecule has 1 N–H and O–H groups in total. The molecule has 0 bridgehead atoms. The van der Waals surface area contributed by atoms with Gasteiger partial charge in [0, 0.05) is 56.5 Å². The third kappa shape index (κ3) is 8.97. The first-order chi connectivity index (χ1) is 13.7. The number of halogens is 2. The van der Waals surface area contributed by atoms with Crippen LogP contribution >= 0.6 is 37.2 Å². The second-order valence-electron chi connectivity index (χ2n) is 8.91. The van der Waals surface area contributed by atoms with Gasteiger partial charge in [-0.2, -0.15) is 0 Å². The average molecular weight is 630 g/mol. The Morgan fingerprint density at radius 3 is 2.52 bits per heavy atom. The number of esters is 1. The van der Waals surface area contributed by atoms with Gasteiger partial charge in [0.2, 0.25) is 0 Å². The van der Waals surface area contributed by atoms with E-state index in [0.717, 1.165) is 19.3 Å². The van der Waals surface area contributed by atoms with Crippen LogP contribution in [-0.2, 0) is 14.3 Å². The summed E-state index contributed by atoms with van der Waals surface area (Å²) >= 11 is 4.24. The molecular weight excluding hydrogens is 594 g/mol. The summed E-state index contributed by atoms with van der Waals surface area (Å²) in [6, 6.07) is 0. The van der Waals surface area contributed by atoms with Crippen molar-refractivity contribution in [3.63, 3.8) is 0 Å². The number of aliphatic hydroxyl groups excluding tert-OH is 1. The van der Waals surface area contributed by atoms with Gasteiger partial charge in [-0.15, -0.1) is 0 Å². The van der Waals surface area contributed by atoms with Crippen LogP contribution in [0.4, 0.5) is 0 Å². The Bertz CT molecular complexity index is 602. The zero-order chi connectivity index (χ0) is 22.1. The highest BCUT2D eigenvalue weighted by atomic mass is 128. The molecule has 7 atom stereocenters. The third-order valence-electron chi connectivity index (χ3n) is 6.10. The Hall–Kier alpha value is 0.0400. The minimum atomic E-state index is -0.541. The summed E-state index contributed by atoms with van der Waals surface area (Å²) in [7, 11) is 0. The van der Waals surface area contributed by atoms with Crippen LogP contribution in [-0.4, -0.2) is 29.1 Å². The number of ether oxygens (including phenoxy) is 1. The van der Waals surface area contributed by atoms with Crippen LogP contribution in [0.15, 0.2) is 23.8 Å². The lowest BCUT2D eigenvalue weighted by Crippen LogP contribution is -2.40. The number of fused-ring (bicyclic) bond motifs is 1. The van der Waals surface area contributed by atoms with E-state index in [2.05, 4.69) is 76.2 Å². The third-order valence-corrected chi connectivity index (χ3v) is 6.10. The van der Waals surface area contributed by atoms with E-state index >= 15 is 0 Å². The molecule has 0 amide bonds. The Morgan fingerprint density at radius 1 is 1.28 bits per heavy atom. The number of aliphatic hydroxyl groups is 1. The molecule has 0 heterocycles. The second-order valence-corrected chi connectivity index (χ2v) is 8.91. The Labute approximate surface area is 199 Å². The van der Waals surface area contributed by atoms with Gasteiger partial charge in [0.1, 0.15) is 11.9 Å². The highest BCUT2D eigenvalue weighted by Crippen LogP contribution is 2.45. The van der Waals surface area contributed by atoms with E-state index in [-0.39, 0.29) is 30.2 Å². The first-order valence-electron chi connectivity index (χ1n) is 10.6. The lowest BCUT2D eigenvalue weighted by molar-refractivity contribution is -0.151. The molecule has 2 aliphatic rings. The Kier molecular flexibility index (Phi) is 12.6. The number of allylic oxidation sites excluding steroid dienone is 3. The molecule has 3 unspecified atom stereocenters. The van der Waals surface area contributed by atoms with Crippen LogP contribution in [0.3, 0.4) is 0 Å². The van der Waals surface area contributed by atoms with Crippen molar-refractivity contribution >= 4 is 49.0 Å². The maximum atomic E-state index is 11.6. The van der Waals surface area contributed by atoms with Gasteiger partial charge < -0.3 is 9.84 Å². The van der Waals surface area contributed by atoms with Crippen molar-refractivity contribution in [2.24, 2.45) is 29.6 Å². The van der Waals surface area contributed by atoms with E-state index in [1.54, 1.807) is 0 Å². The highest BCUT2D eigenvalue weighted by Gasteiger charge is 2.40. The maximum absolute atomic E-state index is 11.6. The van der Waals surface area contributed by atoms with Crippen molar-refractivity contribution in [1.82, 2.24) is 0 Å². The molecule has 166 valence electrons. The largest absolute Gasteiger partial charge is 0.462 e. The van der Waals surface area contributed by atoms with Crippen LogP contribution in [0, 0.1) is 29.6 Å². The van der Waals surface area contributed by atoms with Crippen molar-refractivity contribution in [2.45, 2.75) is 78.9 Å². The summed E-state index contributed by atoms with van der Waals surface area (Å²) in [4.78, 5) is 22.8. The van der Waals surface area contributed by atoms with Gasteiger partial charge in [-0.05, 0) is 55.4 Å². The average Bonchev–Trinajstić information content (AvgIpc) is 2.61. The van der Waals surface area contributed by atoms with E-state index in [1.165, 1.54) is 19.4 Å². The van der Waals surface area contributed by atoms with Crippen molar-refractivity contribution in [3.05, 3.63) is 23.8 Å². The number of carbonyl (C=O) groups is 2. The normalized spacial score (nSPS) is 30.2. The van der Waals surface area contributed by atoms with Crippen LogP contribution in [0.25, 0.3) is 0 Å². The Morgan fingerprint density at radius 2 is 1.93 bits per heavy atom. The monoisotopic (exact) mass is 630 g/mol. The van der Waals surface area contributed by atoms with Gasteiger partial charge in [0.05, 0.1) is 6.10 Å². The molecule has 0 aromatic rings. The van der Waals surface area contributed by atoms with E-state index in [4.69, 9.17) is 4.74 Å². The smallest absolute Gasteiger partial charge is 0.302 e. The maximum Gasteiger partial charge on any atom is 0.302 e. The molecule has 6 heteroatoms. The van der Waals surface area contributed by atoms with E-state index in [9.17, 15) is 14.7 Å². The van der Waals surface area contributed by atoms with Gasteiger partial charge in [-0.1, -0.05) is 45.4 Å². The van der Waals surface area contributed by atoms with Gasteiger partial charge >= 0.3 is 5.97 Å². The molecule has 0 aliphatic heterocycles. The molecule has 0 saturated heterocycles. The van der Waals surface area contributed by atoms with Crippen LogP contribution < -0.4 is 0 Å². The predicted octanol–water partition coefficient (Wildman–Crippen LogP) is 6.24. The number of carbonyl (C=O) groups excluding carboxylic acids is 2. The first kappa shape index (κ1) is 27.1. The molecule has 0 radical (unpaired) electrons. The summed E-state index contributed by atoms with van der Waals surface area (Å²) in [5.41, 5.74) is 1.31. The van der Waals surface area contributed by atoms with E-state index in [0.29, 0.717) is 30.1 Å². The molecular formula is C23H36I2O4. The lowest BCUT2D eigenvalue weighted by atomic mass is 9.65. The lowest BCUT2D eigenvalue weighted by Gasteiger charge is -2.43. The summed E-state index contributed by atoms with van der Waals surface area (Å²) < 4.78 is 5.73. The van der Waals surface area contributed by atoms with Gasteiger partial charge in [0.15, 0.2) is 0 Å². The molecule has 0 fully saturated rings. The molecule has 0 aromatic carbocycles. The topological polar surface area (TPSA) is 63.6 Å². The SMILES string of the molecule is CC(=O)C[C@H](O)CC(C)CC[C@H]1C(C)C=CC2=CC(C)C[C@H](OC(C)=O)[C@@H]21.II. The van der Waals surface area contributed by atoms with Crippen LogP contribution in [0.2, 0.25) is 0 Å². The zero-order valence-electron chi connectivity index (χ0n) is 18.2. The molecule has 2 rings (SSSR count). The first-order valence-corrected chi connectivity index (χ1v) is 16.8. The minimum absolute atomic E-state index is 0.0380. The van der Waals surface area contributed by atoms with Crippen molar-refractivity contribution in [1.29, 1.82) is 0 Å². The van der Waals surface area contributed by atoms with Gasteiger partial charge in [-0.25, -0.2) is 0 Å². The van der Waals surface area contributed by atoms with Crippen molar-refractivity contribution < 1.29 is 19.4 Å². The molecule has 4 nitrogen and oxygen atoms in total. The summed E-state index contributed by atoms with van der Waals surface area (Å²) in [5.74, 6) is 1.75. The number of ketones is 1. The zero-order valence-corrected chi connectivity index (χ0v) is 22.6. The molecule has 2 aliphatic carbocycles. The fourth-order valence-electron chi connectivity index (χ4n) is 4.91. The summed E-state index contributed by atoms with van der Waals surface area (Å²) in [6.07, 6.45) is 10.1. The van der Waals surface area contributed by atoms with Gasteiger partial charge in [-0.3, -0.25) is 9.59 Å². The standard InChI is InChI=1S/C23H36O4.I2/c1-14(11-20(26)13-17(4)24)6-9-21-16(3)7-8-19-10-15(2)12-22(23(19)21)27-18(5)25;1-2/h7-8,10,14-16,20-23,26H,6,9,11-13H2,1-5H3;/t14?,15?,16?,20-,21+,22+,23+;/m1./s1. The fraction of sp³-hybridized carbons (Fsp3) is 0.739. The number of rotatable bonds is 8. The minimum Gasteiger partial charge on any atom is -0.462 e. The summed E-state index contributed by atoms with van der Waals surface area (Å²) in [5, 5.41) is 10.0. The predicted molar refractivity (Wildman–Crippen MR) is 135 cm³/mol. The number of hydrogen-bond donors (Lipinski definition) is 1. The van der Waals surface area contributed by atoms with Gasteiger partial charge in [0.25, 0.3) is 0 Å². The molecule has 0 spiro atoms. The fourth-order valence-corrected chi connectivity index (χ4v) is 4.91. The van der Waals surface area contributed by atoms with Crippen LogP contribution in [0.5, 0.6) is 0 Å². The molecule has 29 heavy (non-hydrogen) atoms. The van der Waals surface area contributed by atoms with E-state index < -0.39 is 6.10 Å². The quantitative estimate of drug-likeness (QED) is 0.255. The molecule has 0 aromatic heterocycles. The summed E-state index contributed by atoms with van der Waals surface area (Å²) in [6.45, 7) is 9.60. The molecule has 0 saturated carbocycles. The Balaban J connectivity index is 0.00000204. The van der Waals surface area contributed by atoms with E-state index in [1.807, 2.05) is 0 Å². The van der Waals surface area contributed by atoms with Crippen LogP contribution in [0.1, 0.15) is 66.7 Å². The number of Topliss-reactive ketones (excluding diaryl/α,β-unsaturated/α-hetero) is 1. The van der Waals surface area contributed by atoms with Crippen molar-refractivity contribution in [2.75, 3.05) is 0 Å². The van der Waals surface area contributed by atoms with Crippen molar-refractivity contribution in [3.8, 4) is 0 Å². The highest BCUT2D eigenvalue weighted by molar-refractivity contribution is 15.0. The number of hydrogen-bond acceptors (Lipinski definition) is 4.